The van der Waals surface area contributed by atoms with Crippen LogP contribution in [0.2, 0.25) is 0 Å². The number of aliphatic hydroxyl groups is 1. The van der Waals surface area contributed by atoms with Gasteiger partial charge in [-0.1, -0.05) is 97.1 Å². The van der Waals surface area contributed by atoms with E-state index in [2.05, 4.69) is 51.9 Å². The van der Waals surface area contributed by atoms with E-state index in [0.29, 0.717) is 26.3 Å². The minimum absolute atomic E-state index is 0.0138. The lowest BCUT2D eigenvalue weighted by Gasteiger charge is -2.41. The number of benzene rings is 4. The van der Waals surface area contributed by atoms with Crippen LogP contribution in [0.25, 0.3) is 11.1 Å². The summed E-state index contributed by atoms with van der Waals surface area (Å²) >= 11 is 0. The number of carbonyl (C=O) groups excluding carboxylic acids is 1. The Kier molecular flexibility index (Phi) is 10.7. The van der Waals surface area contributed by atoms with Crippen molar-refractivity contribution in [2.75, 3.05) is 32.8 Å². The van der Waals surface area contributed by atoms with E-state index in [1.165, 1.54) is 0 Å². The number of aliphatic hydroxyl groups excluding tert-OH is 1. The van der Waals surface area contributed by atoms with Crippen molar-refractivity contribution in [3.8, 4) is 11.1 Å². The van der Waals surface area contributed by atoms with Crippen LogP contribution in [0.1, 0.15) is 59.5 Å². The summed E-state index contributed by atoms with van der Waals surface area (Å²) in [5.74, 6) is -0.401. The van der Waals surface area contributed by atoms with Gasteiger partial charge in [0, 0.05) is 57.5 Å². The van der Waals surface area contributed by atoms with E-state index in [9.17, 15) is 9.90 Å². The highest BCUT2D eigenvalue weighted by atomic mass is 16.7. The SMILES string of the molecule is O=C(NCc1ccccc1)NCc1cccc(-c2ccc([C@H]3O[C@@H](CN4CCC5(CC4)OCCO5)C[C@@H](c4ccc(CO)cc4)O3)cc2)c1. The van der Waals surface area contributed by atoms with Crippen molar-refractivity contribution >= 4 is 6.03 Å². The van der Waals surface area contributed by atoms with Gasteiger partial charge in [-0.05, 0) is 39.4 Å². The van der Waals surface area contributed by atoms with Gasteiger partial charge in [0.1, 0.15) is 0 Å². The molecule has 3 N–H and O–H groups in total. The molecule has 0 unspecified atom stereocenters. The van der Waals surface area contributed by atoms with Crippen molar-refractivity contribution in [3.05, 3.63) is 131 Å². The number of piperidine rings is 1. The van der Waals surface area contributed by atoms with Gasteiger partial charge in [0.2, 0.25) is 0 Å². The number of nitrogens with one attached hydrogen (secondary N) is 2. The zero-order valence-electron chi connectivity index (χ0n) is 27.8. The number of hydrogen-bond donors (Lipinski definition) is 3. The van der Waals surface area contributed by atoms with E-state index in [0.717, 1.165) is 77.8 Å². The van der Waals surface area contributed by atoms with Crippen LogP contribution in [0.4, 0.5) is 4.79 Å². The maximum atomic E-state index is 12.4. The van der Waals surface area contributed by atoms with E-state index in [1.54, 1.807) is 0 Å². The summed E-state index contributed by atoms with van der Waals surface area (Å²) in [6.45, 7) is 4.90. The minimum atomic E-state index is -0.516. The second kappa shape index (κ2) is 15.6. The predicted octanol–water partition coefficient (Wildman–Crippen LogP) is 6.23. The average Bonchev–Trinajstić information content (AvgIpc) is 3.62. The van der Waals surface area contributed by atoms with Gasteiger partial charge in [-0.25, -0.2) is 4.79 Å². The molecule has 3 atom stereocenters. The fraction of sp³-hybridized carbons (Fsp3) is 0.375. The van der Waals surface area contributed by atoms with Gasteiger partial charge in [0.15, 0.2) is 12.1 Å². The Morgan fingerprint density at radius 3 is 2.12 bits per heavy atom. The molecular formula is C40H45N3O6. The zero-order chi connectivity index (χ0) is 33.5. The third-order valence-electron chi connectivity index (χ3n) is 9.70. The monoisotopic (exact) mass is 663 g/mol. The molecule has 0 bridgehead atoms. The van der Waals surface area contributed by atoms with Crippen molar-refractivity contribution in [2.45, 2.75) is 63.2 Å². The Morgan fingerprint density at radius 1 is 0.735 bits per heavy atom. The van der Waals surface area contributed by atoms with E-state index >= 15 is 0 Å². The van der Waals surface area contributed by atoms with Crippen molar-refractivity contribution in [1.82, 2.24) is 15.5 Å². The molecule has 3 heterocycles. The first-order valence-corrected chi connectivity index (χ1v) is 17.3. The third kappa shape index (κ3) is 8.56. The topological polar surface area (TPSA) is 102 Å². The van der Waals surface area contributed by atoms with Gasteiger partial charge in [0.25, 0.3) is 0 Å². The molecule has 9 nitrogen and oxygen atoms in total. The summed E-state index contributed by atoms with van der Waals surface area (Å²) < 4.78 is 25.1. The van der Waals surface area contributed by atoms with Crippen molar-refractivity contribution in [1.29, 1.82) is 0 Å². The smallest absolute Gasteiger partial charge is 0.315 e. The molecule has 3 aliphatic heterocycles. The van der Waals surface area contributed by atoms with Gasteiger partial charge >= 0.3 is 6.03 Å². The molecule has 4 aromatic rings. The standard InChI is InChI=1S/C40H45N3O6/c44-28-30-9-11-33(12-10-30)37-24-36(27-43-19-17-40(18-20-43)46-21-22-47-40)48-38(49-37)34-15-13-32(14-16-34)35-8-4-7-31(23-35)26-42-39(45)41-25-29-5-2-1-3-6-29/h1-16,23,36-38,44H,17-22,24-28H2,(H2,41,42,45)/t36-,37+,38+/m1/s1. The molecule has 9 heteroatoms. The molecule has 0 aromatic heterocycles. The number of hydrogen-bond acceptors (Lipinski definition) is 7. The Balaban J connectivity index is 0.998. The molecule has 256 valence electrons. The van der Waals surface area contributed by atoms with Gasteiger partial charge in [-0.15, -0.1) is 0 Å². The lowest BCUT2D eigenvalue weighted by atomic mass is 9.98. The van der Waals surface area contributed by atoms with Crippen LogP contribution in [0.3, 0.4) is 0 Å². The predicted molar refractivity (Wildman–Crippen MR) is 186 cm³/mol. The third-order valence-corrected chi connectivity index (χ3v) is 9.70. The van der Waals surface area contributed by atoms with Crippen LogP contribution in [-0.2, 0) is 38.6 Å². The quantitative estimate of drug-likeness (QED) is 0.185. The number of carbonyl (C=O) groups is 1. The normalized spacial score (nSPS) is 22.2. The molecule has 3 aliphatic rings. The summed E-state index contributed by atoms with van der Waals surface area (Å²) in [5, 5.41) is 15.4. The lowest BCUT2D eigenvalue weighted by molar-refractivity contribution is -0.255. The average molecular weight is 664 g/mol. The summed E-state index contributed by atoms with van der Waals surface area (Å²) in [6.07, 6.45) is 1.81. The second-order valence-electron chi connectivity index (χ2n) is 13.1. The summed E-state index contributed by atoms with van der Waals surface area (Å²) in [5.41, 5.74) is 7.13. The van der Waals surface area contributed by atoms with Gasteiger partial charge in [0.05, 0.1) is 32.0 Å². The molecule has 3 saturated heterocycles. The van der Waals surface area contributed by atoms with Crippen molar-refractivity contribution in [3.63, 3.8) is 0 Å². The Bertz CT molecular complexity index is 1650. The maximum absolute atomic E-state index is 12.4. The molecule has 49 heavy (non-hydrogen) atoms. The first-order chi connectivity index (χ1) is 24.0. The molecule has 2 amide bonds. The number of likely N-dealkylation sites (tertiary alicyclic amines) is 1. The summed E-state index contributed by atoms with van der Waals surface area (Å²) in [4.78, 5) is 14.8. The number of nitrogens with zero attached hydrogens (tertiary/aromatic N) is 1. The van der Waals surface area contributed by atoms with Gasteiger partial charge < -0.3 is 39.6 Å². The van der Waals surface area contributed by atoms with Crippen LogP contribution in [0.15, 0.2) is 103 Å². The molecular weight excluding hydrogens is 618 g/mol. The molecule has 3 fully saturated rings. The second-order valence-corrected chi connectivity index (χ2v) is 13.1. The van der Waals surface area contributed by atoms with Crippen LogP contribution in [0.5, 0.6) is 0 Å². The van der Waals surface area contributed by atoms with Gasteiger partial charge in [-0.3, -0.25) is 0 Å². The van der Waals surface area contributed by atoms with Gasteiger partial charge in [-0.2, -0.15) is 0 Å². The minimum Gasteiger partial charge on any atom is -0.392 e. The maximum Gasteiger partial charge on any atom is 0.315 e. The number of urea groups is 1. The van der Waals surface area contributed by atoms with Crippen LogP contribution < -0.4 is 10.6 Å². The first kappa shape index (κ1) is 33.4. The highest BCUT2D eigenvalue weighted by molar-refractivity contribution is 5.74. The zero-order valence-corrected chi connectivity index (χ0v) is 27.8. The van der Waals surface area contributed by atoms with E-state index in [-0.39, 0.29) is 24.8 Å². The molecule has 0 radical (unpaired) electrons. The molecule has 0 saturated carbocycles. The van der Waals surface area contributed by atoms with E-state index in [4.69, 9.17) is 18.9 Å². The Labute approximate surface area is 288 Å². The fourth-order valence-electron chi connectivity index (χ4n) is 6.90. The van der Waals surface area contributed by atoms with E-state index in [1.807, 2.05) is 66.7 Å². The lowest BCUT2D eigenvalue weighted by Crippen LogP contribution is -2.48. The summed E-state index contributed by atoms with van der Waals surface area (Å²) in [7, 11) is 0. The van der Waals surface area contributed by atoms with Crippen LogP contribution in [-0.4, -0.2) is 60.8 Å². The largest absolute Gasteiger partial charge is 0.392 e. The molecule has 0 aliphatic carbocycles. The first-order valence-electron chi connectivity index (χ1n) is 17.3. The number of ether oxygens (including phenoxy) is 4. The number of amides is 2. The Hall–Kier alpha value is -4.09. The van der Waals surface area contributed by atoms with Crippen molar-refractivity contribution < 1.29 is 28.8 Å². The van der Waals surface area contributed by atoms with Crippen molar-refractivity contribution in [2.24, 2.45) is 0 Å². The highest BCUT2D eigenvalue weighted by Crippen LogP contribution is 2.39. The molecule has 4 aromatic carbocycles. The van der Waals surface area contributed by atoms with E-state index < -0.39 is 12.1 Å². The summed E-state index contributed by atoms with van der Waals surface area (Å²) in [6, 6.07) is 34.2. The fourth-order valence-corrected chi connectivity index (χ4v) is 6.90. The van der Waals surface area contributed by atoms with Crippen LogP contribution >= 0.6 is 0 Å². The van der Waals surface area contributed by atoms with Crippen LogP contribution in [0, 0.1) is 0 Å². The Morgan fingerprint density at radius 2 is 1.41 bits per heavy atom. The highest BCUT2D eigenvalue weighted by Gasteiger charge is 2.41. The number of rotatable bonds is 10. The molecule has 1 spiro atoms. The molecule has 7 rings (SSSR count).